The molecule has 2 N–H and O–H groups in total. The summed E-state index contributed by atoms with van der Waals surface area (Å²) in [6.07, 6.45) is 6.52. The molecule has 1 unspecified atom stereocenters. The molecular weight excluding hydrogens is 351 g/mol. The Kier molecular flexibility index (Phi) is 8.06. The smallest absolute Gasteiger partial charge is 0.191 e. The van der Waals surface area contributed by atoms with Crippen LogP contribution in [0.2, 0.25) is 0 Å². The number of hydrogen-bond acceptors (Lipinski definition) is 2. The largest absolute Gasteiger partial charge is 0.357 e. The van der Waals surface area contributed by atoms with Crippen LogP contribution in [0.15, 0.2) is 4.99 Å². The lowest BCUT2D eigenvalue weighted by atomic mass is 10.2. The van der Waals surface area contributed by atoms with Crippen molar-refractivity contribution in [2.24, 2.45) is 4.99 Å². The molecule has 19 heavy (non-hydrogen) atoms. The molecule has 5 heteroatoms. The van der Waals surface area contributed by atoms with E-state index in [9.17, 15) is 0 Å². The Morgan fingerprint density at radius 2 is 1.95 bits per heavy atom. The van der Waals surface area contributed by atoms with Gasteiger partial charge in [-0.25, -0.2) is 0 Å². The zero-order valence-corrected chi connectivity index (χ0v) is 14.7. The molecule has 0 amide bonds. The summed E-state index contributed by atoms with van der Waals surface area (Å²) in [4.78, 5) is 7.36. The van der Waals surface area contributed by atoms with Gasteiger partial charge in [0.15, 0.2) is 5.96 Å². The number of rotatable bonds is 6. The number of guanidine groups is 1. The molecule has 0 aromatic carbocycles. The van der Waals surface area contributed by atoms with Gasteiger partial charge in [0.1, 0.15) is 0 Å². The van der Waals surface area contributed by atoms with Crippen molar-refractivity contribution in [3.63, 3.8) is 0 Å². The molecule has 0 aromatic rings. The van der Waals surface area contributed by atoms with Gasteiger partial charge in [0.25, 0.3) is 0 Å². The van der Waals surface area contributed by atoms with E-state index in [1.807, 2.05) is 0 Å². The second kappa shape index (κ2) is 9.00. The van der Waals surface area contributed by atoms with E-state index in [0.717, 1.165) is 19.0 Å². The monoisotopic (exact) mass is 380 g/mol. The van der Waals surface area contributed by atoms with E-state index in [-0.39, 0.29) is 24.0 Å². The minimum Gasteiger partial charge on any atom is -0.357 e. The Hall–Kier alpha value is -0.0400. The van der Waals surface area contributed by atoms with Crippen molar-refractivity contribution in [1.29, 1.82) is 0 Å². The average molecular weight is 380 g/mol. The van der Waals surface area contributed by atoms with Gasteiger partial charge in [-0.1, -0.05) is 6.92 Å². The van der Waals surface area contributed by atoms with Crippen molar-refractivity contribution in [3.05, 3.63) is 0 Å². The average Bonchev–Trinajstić information content (AvgIpc) is 3.02. The van der Waals surface area contributed by atoms with Crippen LogP contribution in [0.4, 0.5) is 0 Å². The fraction of sp³-hybridized carbons (Fsp3) is 0.929. The molecule has 0 aromatic heterocycles. The van der Waals surface area contributed by atoms with Crippen molar-refractivity contribution in [1.82, 2.24) is 15.5 Å². The van der Waals surface area contributed by atoms with Crippen LogP contribution in [0.3, 0.4) is 0 Å². The highest BCUT2D eigenvalue weighted by Gasteiger charge is 2.23. The van der Waals surface area contributed by atoms with Gasteiger partial charge in [-0.05, 0) is 52.1 Å². The molecule has 2 fully saturated rings. The number of hydrogen-bond donors (Lipinski definition) is 2. The molecule has 2 aliphatic rings. The maximum atomic E-state index is 4.76. The summed E-state index contributed by atoms with van der Waals surface area (Å²) in [6, 6.07) is 1.30. The van der Waals surface area contributed by atoms with Crippen molar-refractivity contribution in [2.75, 3.05) is 26.2 Å². The van der Waals surface area contributed by atoms with Crippen LogP contribution in [0.1, 0.15) is 46.0 Å². The third kappa shape index (κ3) is 5.85. The number of halogens is 1. The number of nitrogens with one attached hydrogen (secondary N) is 2. The highest BCUT2D eigenvalue weighted by molar-refractivity contribution is 14.0. The molecule has 1 heterocycles. The number of likely N-dealkylation sites (tertiary alicyclic amines) is 1. The molecule has 1 aliphatic heterocycles. The van der Waals surface area contributed by atoms with Gasteiger partial charge in [-0.2, -0.15) is 0 Å². The molecule has 2 rings (SSSR count). The molecule has 1 atom stereocenters. The first kappa shape index (κ1) is 17.0. The van der Waals surface area contributed by atoms with Crippen molar-refractivity contribution >= 4 is 29.9 Å². The molecule has 0 spiro atoms. The molecule has 0 bridgehead atoms. The minimum atomic E-state index is 0. The highest BCUT2D eigenvalue weighted by Crippen LogP contribution is 2.18. The van der Waals surface area contributed by atoms with Crippen LogP contribution in [0.25, 0.3) is 0 Å². The Morgan fingerprint density at radius 1 is 1.26 bits per heavy atom. The summed E-state index contributed by atoms with van der Waals surface area (Å²) < 4.78 is 0. The summed E-state index contributed by atoms with van der Waals surface area (Å²) >= 11 is 0. The van der Waals surface area contributed by atoms with E-state index in [4.69, 9.17) is 4.99 Å². The number of nitrogens with zero attached hydrogens (tertiary/aromatic N) is 2. The zero-order valence-electron chi connectivity index (χ0n) is 12.3. The molecule has 4 nitrogen and oxygen atoms in total. The molecule has 1 aliphatic carbocycles. The lowest BCUT2D eigenvalue weighted by Gasteiger charge is -2.25. The van der Waals surface area contributed by atoms with Gasteiger partial charge in [-0.3, -0.25) is 9.89 Å². The molecule has 1 saturated carbocycles. The number of aliphatic imine (C=N–C) groups is 1. The SMILES string of the molecule is CCNC(=NCC(CC)N1CCCC1)NC1CC1.I. The topological polar surface area (TPSA) is 39.7 Å². The van der Waals surface area contributed by atoms with Crippen LogP contribution in [-0.2, 0) is 0 Å². The summed E-state index contributed by atoms with van der Waals surface area (Å²) in [5.41, 5.74) is 0. The lowest BCUT2D eigenvalue weighted by molar-refractivity contribution is 0.242. The van der Waals surface area contributed by atoms with Crippen molar-refractivity contribution in [2.45, 2.75) is 58.0 Å². The van der Waals surface area contributed by atoms with E-state index < -0.39 is 0 Å². The normalized spacial score (nSPS) is 21.9. The maximum absolute atomic E-state index is 4.76. The summed E-state index contributed by atoms with van der Waals surface area (Å²) in [5.74, 6) is 1.01. The third-order valence-corrected chi connectivity index (χ3v) is 3.85. The third-order valence-electron chi connectivity index (χ3n) is 3.85. The van der Waals surface area contributed by atoms with Crippen molar-refractivity contribution in [3.8, 4) is 0 Å². The minimum absolute atomic E-state index is 0. The lowest BCUT2D eigenvalue weighted by Crippen LogP contribution is -2.40. The Bertz CT molecular complexity index is 273. The summed E-state index contributed by atoms with van der Waals surface area (Å²) in [6.45, 7) is 8.81. The standard InChI is InChI=1S/C14H28N4.HI/c1-3-13(18-9-5-6-10-18)11-16-14(15-4-2)17-12-7-8-12;/h12-13H,3-11H2,1-2H3,(H2,15,16,17);1H. The first-order valence-electron chi connectivity index (χ1n) is 7.62. The second-order valence-corrected chi connectivity index (χ2v) is 5.44. The van der Waals surface area contributed by atoms with Crippen LogP contribution in [-0.4, -0.2) is 49.1 Å². The maximum Gasteiger partial charge on any atom is 0.191 e. The van der Waals surface area contributed by atoms with Gasteiger partial charge < -0.3 is 10.6 Å². The van der Waals surface area contributed by atoms with E-state index in [0.29, 0.717) is 12.1 Å². The fourth-order valence-electron chi connectivity index (χ4n) is 2.55. The van der Waals surface area contributed by atoms with E-state index in [1.54, 1.807) is 0 Å². The zero-order chi connectivity index (χ0) is 12.8. The highest BCUT2D eigenvalue weighted by atomic mass is 127. The van der Waals surface area contributed by atoms with Gasteiger partial charge in [-0.15, -0.1) is 24.0 Å². The van der Waals surface area contributed by atoms with E-state index in [2.05, 4.69) is 29.4 Å². The van der Waals surface area contributed by atoms with Crippen LogP contribution in [0.5, 0.6) is 0 Å². The van der Waals surface area contributed by atoms with Crippen LogP contribution < -0.4 is 10.6 Å². The fourth-order valence-corrected chi connectivity index (χ4v) is 2.55. The van der Waals surface area contributed by atoms with Gasteiger partial charge >= 0.3 is 0 Å². The van der Waals surface area contributed by atoms with Gasteiger partial charge in [0.05, 0.1) is 6.54 Å². The van der Waals surface area contributed by atoms with Crippen LogP contribution >= 0.6 is 24.0 Å². The Labute approximate surface area is 134 Å². The molecule has 0 radical (unpaired) electrons. The quantitative estimate of drug-likeness (QED) is 0.422. The van der Waals surface area contributed by atoms with E-state index >= 15 is 0 Å². The predicted octanol–water partition coefficient (Wildman–Crippen LogP) is 2.20. The summed E-state index contributed by atoms with van der Waals surface area (Å²) in [7, 11) is 0. The second-order valence-electron chi connectivity index (χ2n) is 5.44. The van der Waals surface area contributed by atoms with Crippen molar-refractivity contribution < 1.29 is 0 Å². The van der Waals surface area contributed by atoms with Crippen LogP contribution in [0, 0.1) is 0 Å². The molecule has 1 saturated heterocycles. The molecular formula is C14H29IN4. The van der Waals surface area contributed by atoms with Gasteiger partial charge in [0, 0.05) is 18.6 Å². The predicted molar refractivity (Wildman–Crippen MR) is 92.4 cm³/mol. The first-order valence-corrected chi connectivity index (χ1v) is 7.62. The Morgan fingerprint density at radius 3 is 2.47 bits per heavy atom. The van der Waals surface area contributed by atoms with Gasteiger partial charge in [0.2, 0.25) is 0 Å². The first-order chi connectivity index (χ1) is 8.83. The molecule has 112 valence electrons. The summed E-state index contributed by atoms with van der Waals surface area (Å²) in [5, 5.41) is 6.83. The Balaban J connectivity index is 0.00000180. The van der Waals surface area contributed by atoms with E-state index in [1.165, 1.54) is 45.2 Å².